The smallest absolute Gasteiger partial charge is 0.184 e. The van der Waals surface area contributed by atoms with Gasteiger partial charge in [-0.05, 0) is 18.1 Å². The summed E-state index contributed by atoms with van der Waals surface area (Å²) in [6, 6.07) is 17.5. The van der Waals surface area contributed by atoms with Gasteiger partial charge >= 0.3 is 0 Å². The van der Waals surface area contributed by atoms with Crippen LogP contribution in [0.25, 0.3) is 0 Å². The Labute approximate surface area is 118 Å². The summed E-state index contributed by atoms with van der Waals surface area (Å²) < 4.78 is 0. The minimum Gasteiger partial charge on any atom is -0.344 e. The first-order valence-electron chi connectivity index (χ1n) is 6.79. The monoisotopic (exact) mass is 264 g/mol. The average molecular weight is 264 g/mol. The summed E-state index contributed by atoms with van der Waals surface area (Å²) in [5.41, 5.74) is 3.12. The van der Waals surface area contributed by atoms with E-state index in [2.05, 4.69) is 16.4 Å². The van der Waals surface area contributed by atoms with Crippen LogP contribution in [-0.2, 0) is 6.42 Å². The van der Waals surface area contributed by atoms with Crippen molar-refractivity contribution in [1.29, 1.82) is 0 Å². The number of nitrogens with zero attached hydrogens (tertiary/aromatic N) is 1. The molecule has 3 rings (SSSR count). The van der Waals surface area contributed by atoms with Gasteiger partial charge in [-0.2, -0.15) is 0 Å². The molecule has 0 fully saturated rings. The molecule has 0 saturated heterocycles. The molecule has 0 saturated carbocycles. The molecule has 3 nitrogen and oxygen atoms in total. The second-order valence-electron chi connectivity index (χ2n) is 4.83. The van der Waals surface area contributed by atoms with Crippen molar-refractivity contribution in [2.24, 2.45) is 4.99 Å². The minimum absolute atomic E-state index is 0.0544. The molecule has 0 aromatic heterocycles. The third kappa shape index (κ3) is 2.77. The number of Topliss-reactive ketones (excluding diaryl/α,β-unsaturated/α-hetero) is 1. The van der Waals surface area contributed by atoms with Crippen LogP contribution in [0.3, 0.4) is 0 Å². The van der Waals surface area contributed by atoms with E-state index in [-0.39, 0.29) is 12.3 Å². The molecule has 1 aliphatic heterocycles. The first-order valence-corrected chi connectivity index (χ1v) is 6.79. The van der Waals surface area contributed by atoms with Crippen molar-refractivity contribution < 1.29 is 4.79 Å². The number of aryl methyl sites for hydroxylation is 1. The molecule has 3 heteroatoms. The molecule has 0 bridgehead atoms. The third-order valence-electron chi connectivity index (χ3n) is 3.44. The zero-order valence-corrected chi connectivity index (χ0v) is 11.2. The summed E-state index contributed by atoms with van der Waals surface area (Å²) >= 11 is 0. The lowest BCUT2D eigenvalue weighted by Gasteiger charge is -2.19. The number of anilines is 1. The highest BCUT2D eigenvalue weighted by atomic mass is 16.1. The fourth-order valence-electron chi connectivity index (χ4n) is 2.33. The molecular formula is C17H16N2O. The Morgan fingerprint density at radius 3 is 2.60 bits per heavy atom. The Hall–Kier alpha value is -2.42. The lowest BCUT2D eigenvalue weighted by molar-refractivity contribution is 0.100. The number of aliphatic imine (C=N–C) groups is 1. The number of fused-ring (bicyclic) bond motifs is 1. The first kappa shape index (κ1) is 12.6. The van der Waals surface area contributed by atoms with E-state index in [1.54, 1.807) is 0 Å². The number of ketones is 1. The highest BCUT2D eigenvalue weighted by molar-refractivity contribution is 6.02. The van der Waals surface area contributed by atoms with E-state index >= 15 is 0 Å². The first-order chi connectivity index (χ1) is 9.83. The number of nitrogens with one attached hydrogen (secondary N) is 1. The van der Waals surface area contributed by atoms with Crippen molar-refractivity contribution in [3.8, 4) is 0 Å². The number of carbonyl (C=O) groups is 1. The lowest BCUT2D eigenvalue weighted by Crippen LogP contribution is -2.21. The van der Waals surface area contributed by atoms with Crippen LogP contribution in [0, 0.1) is 0 Å². The molecule has 20 heavy (non-hydrogen) atoms. The predicted octanol–water partition coefficient (Wildman–Crippen LogP) is 3.33. The Balaban J connectivity index is 1.68. The van der Waals surface area contributed by atoms with Crippen molar-refractivity contribution in [3.05, 3.63) is 65.7 Å². The fraction of sp³-hybridized carbons (Fsp3) is 0.176. The SMILES string of the molecule is O=C(CN=C1CCc2ccccc2N1)c1ccccc1. The highest BCUT2D eigenvalue weighted by Gasteiger charge is 2.13. The molecule has 100 valence electrons. The van der Waals surface area contributed by atoms with Crippen LogP contribution in [0.5, 0.6) is 0 Å². The van der Waals surface area contributed by atoms with Crippen LogP contribution in [0.15, 0.2) is 59.6 Å². The van der Waals surface area contributed by atoms with Crippen molar-refractivity contribution in [1.82, 2.24) is 0 Å². The van der Waals surface area contributed by atoms with Crippen molar-refractivity contribution >= 4 is 17.3 Å². The number of hydrogen-bond acceptors (Lipinski definition) is 2. The van der Waals surface area contributed by atoms with E-state index in [1.807, 2.05) is 48.5 Å². The van der Waals surface area contributed by atoms with Crippen LogP contribution < -0.4 is 5.32 Å². The maximum absolute atomic E-state index is 12.0. The van der Waals surface area contributed by atoms with Crippen LogP contribution in [0.2, 0.25) is 0 Å². The zero-order valence-electron chi connectivity index (χ0n) is 11.2. The van der Waals surface area contributed by atoms with Gasteiger partial charge in [-0.1, -0.05) is 48.5 Å². The summed E-state index contributed by atoms with van der Waals surface area (Å²) in [6.07, 6.45) is 1.83. The number of rotatable bonds is 3. The Morgan fingerprint density at radius 1 is 1.00 bits per heavy atom. The van der Waals surface area contributed by atoms with Crippen LogP contribution in [0.1, 0.15) is 22.3 Å². The Morgan fingerprint density at radius 2 is 1.75 bits per heavy atom. The highest BCUT2D eigenvalue weighted by Crippen LogP contribution is 2.21. The standard InChI is InChI=1S/C17H16N2O/c20-16(14-7-2-1-3-8-14)12-18-17-11-10-13-6-4-5-9-15(13)19-17/h1-9H,10-12H2,(H,18,19). The van der Waals surface area contributed by atoms with Gasteiger partial charge in [0.25, 0.3) is 0 Å². The van der Waals surface area contributed by atoms with Gasteiger partial charge in [-0.25, -0.2) is 0 Å². The van der Waals surface area contributed by atoms with Gasteiger partial charge in [0, 0.05) is 17.7 Å². The van der Waals surface area contributed by atoms with Gasteiger partial charge in [0.1, 0.15) is 12.4 Å². The summed E-state index contributed by atoms with van der Waals surface area (Å²) in [7, 11) is 0. The molecule has 0 amide bonds. The molecule has 1 N–H and O–H groups in total. The predicted molar refractivity (Wildman–Crippen MR) is 81.5 cm³/mol. The van der Waals surface area contributed by atoms with E-state index in [9.17, 15) is 4.79 Å². The normalized spacial score (nSPS) is 15.5. The van der Waals surface area contributed by atoms with E-state index in [1.165, 1.54) is 5.56 Å². The second kappa shape index (κ2) is 5.70. The molecule has 0 spiro atoms. The molecule has 2 aromatic carbocycles. The van der Waals surface area contributed by atoms with Gasteiger partial charge in [0.05, 0.1) is 0 Å². The number of carbonyl (C=O) groups excluding carboxylic acids is 1. The summed E-state index contributed by atoms with van der Waals surface area (Å²) in [5, 5.41) is 3.30. The maximum Gasteiger partial charge on any atom is 0.184 e. The Kier molecular flexibility index (Phi) is 3.59. The summed E-state index contributed by atoms with van der Waals surface area (Å²) in [5.74, 6) is 0.951. The molecule has 0 radical (unpaired) electrons. The molecule has 1 heterocycles. The minimum atomic E-state index is 0.0544. The van der Waals surface area contributed by atoms with Gasteiger partial charge in [-0.15, -0.1) is 0 Å². The molecule has 0 atom stereocenters. The van der Waals surface area contributed by atoms with Crippen LogP contribution >= 0.6 is 0 Å². The van der Waals surface area contributed by atoms with E-state index in [0.29, 0.717) is 5.56 Å². The average Bonchev–Trinajstić information content (AvgIpc) is 2.53. The topological polar surface area (TPSA) is 41.5 Å². The largest absolute Gasteiger partial charge is 0.344 e. The maximum atomic E-state index is 12.0. The van der Waals surface area contributed by atoms with E-state index in [4.69, 9.17) is 0 Å². The molecule has 1 aliphatic rings. The van der Waals surface area contributed by atoms with Crippen molar-refractivity contribution in [2.75, 3.05) is 11.9 Å². The number of benzene rings is 2. The number of amidine groups is 1. The van der Waals surface area contributed by atoms with Gasteiger partial charge < -0.3 is 5.32 Å². The van der Waals surface area contributed by atoms with Crippen LogP contribution in [-0.4, -0.2) is 18.2 Å². The third-order valence-corrected chi connectivity index (χ3v) is 3.44. The molecule has 0 aliphatic carbocycles. The fourth-order valence-corrected chi connectivity index (χ4v) is 2.33. The zero-order chi connectivity index (χ0) is 13.8. The summed E-state index contributed by atoms with van der Waals surface area (Å²) in [4.78, 5) is 16.4. The second-order valence-corrected chi connectivity index (χ2v) is 4.83. The summed E-state index contributed by atoms with van der Waals surface area (Å²) in [6.45, 7) is 0.203. The van der Waals surface area contributed by atoms with Gasteiger partial charge in [-0.3, -0.25) is 9.79 Å². The van der Waals surface area contributed by atoms with Crippen LogP contribution in [0.4, 0.5) is 5.69 Å². The molecule has 0 unspecified atom stereocenters. The number of para-hydroxylation sites is 1. The van der Waals surface area contributed by atoms with Gasteiger partial charge in [0.2, 0.25) is 0 Å². The van der Waals surface area contributed by atoms with E-state index in [0.717, 1.165) is 24.4 Å². The quantitative estimate of drug-likeness (QED) is 0.864. The van der Waals surface area contributed by atoms with Crippen molar-refractivity contribution in [2.45, 2.75) is 12.8 Å². The molecular weight excluding hydrogens is 248 g/mol. The molecule has 2 aromatic rings. The Bertz CT molecular complexity index is 647. The van der Waals surface area contributed by atoms with E-state index < -0.39 is 0 Å². The number of hydrogen-bond donors (Lipinski definition) is 1. The lowest BCUT2D eigenvalue weighted by atomic mass is 10.0. The van der Waals surface area contributed by atoms with Gasteiger partial charge in [0.15, 0.2) is 5.78 Å². The van der Waals surface area contributed by atoms with Crippen molar-refractivity contribution in [3.63, 3.8) is 0 Å².